The summed E-state index contributed by atoms with van der Waals surface area (Å²) in [7, 11) is 0. The van der Waals surface area contributed by atoms with Gasteiger partial charge in [-0.1, -0.05) is 12.1 Å². The first-order valence-electron chi connectivity index (χ1n) is 5.98. The summed E-state index contributed by atoms with van der Waals surface area (Å²) in [5, 5.41) is 13.6. The van der Waals surface area contributed by atoms with Crippen molar-refractivity contribution in [2.75, 3.05) is 0 Å². The van der Waals surface area contributed by atoms with Crippen molar-refractivity contribution < 1.29 is 9.84 Å². The number of nitrogens with zero attached hydrogens (tertiary/aromatic N) is 3. The highest BCUT2D eigenvalue weighted by Crippen LogP contribution is 2.19. The van der Waals surface area contributed by atoms with Crippen LogP contribution in [0.15, 0.2) is 30.6 Å². The highest BCUT2D eigenvalue weighted by Gasteiger charge is 2.05. The van der Waals surface area contributed by atoms with Gasteiger partial charge in [-0.05, 0) is 31.5 Å². The van der Waals surface area contributed by atoms with E-state index >= 15 is 0 Å². The van der Waals surface area contributed by atoms with Gasteiger partial charge in [-0.25, -0.2) is 9.67 Å². The number of ether oxygens (including phenoxy) is 1. The molecule has 0 saturated carbocycles. The Labute approximate surface area is 106 Å². The zero-order chi connectivity index (χ0) is 13.0. The van der Waals surface area contributed by atoms with E-state index in [2.05, 4.69) is 10.1 Å². The summed E-state index contributed by atoms with van der Waals surface area (Å²) in [4.78, 5) is 4.14. The van der Waals surface area contributed by atoms with E-state index in [1.165, 1.54) is 6.33 Å². The van der Waals surface area contributed by atoms with Gasteiger partial charge < -0.3 is 9.84 Å². The Kier molecular flexibility index (Phi) is 3.94. The molecule has 0 aliphatic carbocycles. The summed E-state index contributed by atoms with van der Waals surface area (Å²) in [6, 6.07) is 7.42. The predicted molar refractivity (Wildman–Crippen MR) is 67.1 cm³/mol. The van der Waals surface area contributed by atoms with E-state index in [1.54, 1.807) is 11.6 Å². The van der Waals surface area contributed by atoms with Crippen molar-refractivity contribution in [3.63, 3.8) is 0 Å². The maximum atomic E-state index is 9.50. The molecule has 0 amide bonds. The van der Waals surface area contributed by atoms with Crippen molar-refractivity contribution in [3.05, 3.63) is 42.0 Å². The predicted octanol–water partition coefficient (Wildman–Crippen LogP) is 1.93. The van der Waals surface area contributed by atoms with Crippen LogP contribution in [-0.2, 0) is 13.2 Å². The van der Waals surface area contributed by atoms with Crippen LogP contribution in [-0.4, -0.2) is 19.9 Å². The molecular weight excluding hydrogens is 230 g/mol. The minimum absolute atomic E-state index is 0.372. The number of hydrogen-bond acceptors (Lipinski definition) is 4. The van der Waals surface area contributed by atoms with Gasteiger partial charge in [-0.2, -0.15) is 5.10 Å². The number of aryl methyl sites for hydroxylation is 1. The molecule has 1 aromatic heterocycles. The average molecular weight is 247 g/mol. The molecule has 1 aromatic carbocycles. The smallest absolute Gasteiger partial charge is 0.164 e. The van der Waals surface area contributed by atoms with Crippen molar-refractivity contribution >= 4 is 0 Å². The Morgan fingerprint density at radius 3 is 3.00 bits per heavy atom. The van der Waals surface area contributed by atoms with Crippen molar-refractivity contribution in [2.45, 2.75) is 33.1 Å². The lowest BCUT2D eigenvalue weighted by Crippen LogP contribution is -2.07. The Morgan fingerprint density at radius 2 is 2.28 bits per heavy atom. The Balaban J connectivity index is 2.04. The molecule has 1 atom stereocenters. The van der Waals surface area contributed by atoms with Crippen LogP contribution >= 0.6 is 0 Å². The van der Waals surface area contributed by atoms with E-state index < -0.39 is 6.10 Å². The van der Waals surface area contributed by atoms with Crippen LogP contribution in [0.2, 0.25) is 0 Å². The number of rotatable bonds is 5. The zero-order valence-corrected chi connectivity index (χ0v) is 10.6. The molecule has 0 aliphatic rings. The second-order valence-corrected chi connectivity index (χ2v) is 4.03. The summed E-state index contributed by atoms with van der Waals surface area (Å²) >= 11 is 0. The molecule has 0 bridgehead atoms. The first-order valence-corrected chi connectivity index (χ1v) is 5.98. The average Bonchev–Trinajstić information content (AvgIpc) is 2.84. The molecule has 0 spiro atoms. The van der Waals surface area contributed by atoms with Gasteiger partial charge in [-0.3, -0.25) is 0 Å². The SMILES string of the molecule is CCn1ncnc1COc1cccc([C@@H](C)O)c1. The highest BCUT2D eigenvalue weighted by atomic mass is 16.5. The molecule has 5 nitrogen and oxygen atoms in total. The normalized spacial score (nSPS) is 12.4. The Morgan fingerprint density at radius 1 is 1.44 bits per heavy atom. The van der Waals surface area contributed by atoms with E-state index in [9.17, 15) is 5.11 Å². The second-order valence-electron chi connectivity index (χ2n) is 4.03. The summed E-state index contributed by atoms with van der Waals surface area (Å²) in [5.41, 5.74) is 0.837. The minimum atomic E-state index is -0.493. The third kappa shape index (κ3) is 2.87. The van der Waals surface area contributed by atoms with Gasteiger partial charge in [0.15, 0.2) is 5.82 Å². The number of hydrogen-bond donors (Lipinski definition) is 1. The van der Waals surface area contributed by atoms with Gasteiger partial charge in [0.1, 0.15) is 18.7 Å². The van der Waals surface area contributed by atoms with Gasteiger partial charge in [0.25, 0.3) is 0 Å². The van der Waals surface area contributed by atoms with E-state index in [4.69, 9.17) is 4.74 Å². The lowest BCUT2D eigenvalue weighted by atomic mass is 10.1. The van der Waals surface area contributed by atoms with Crippen LogP contribution in [0, 0.1) is 0 Å². The highest BCUT2D eigenvalue weighted by molar-refractivity contribution is 5.29. The minimum Gasteiger partial charge on any atom is -0.486 e. The maximum absolute atomic E-state index is 9.50. The van der Waals surface area contributed by atoms with Crippen molar-refractivity contribution in [3.8, 4) is 5.75 Å². The summed E-state index contributed by atoms with van der Waals surface area (Å²) in [6.07, 6.45) is 1.03. The lowest BCUT2D eigenvalue weighted by molar-refractivity contribution is 0.198. The van der Waals surface area contributed by atoms with Gasteiger partial charge in [0.2, 0.25) is 0 Å². The molecule has 0 radical (unpaired) electrons. The fourth-order valence-electron chi connectivity index (χ4n) is 1.68. The number of aromatic nitrogens is 3. The first-order chi connectivity index (χ1) is 8.70. The molecule has 0 fully saturated rings. The summed E-state index contributed by atoms with van der Waals surface area (Å²) in [5.74, 6) is 1.51. The fraction of sp³-hybridized carbons (Fsp3) is 0.385. The van der Waals surface area contributed by atoms with E-state index in [-0.39, 0.29) is 0 Å². The standard InChI is InChI=1S/C13H17N3O2/c1-3-16-13(14-9-15-16)8-18-12-6-4-5-11(7-12)10(2)17/h4-7,9-10,17H,3,8H2,1-2H3/t10-/m1/s1. The quantitative estimate of drug-likeness (QED) is 0.877. The van der Waals surface area contributed by atoms with E-state index in [0.717, 1.165) is 23.7 Å². The monoisotopic (exact) mass is 247 g/mol. The van der Waals surface area contributed by atoms with Gasteiger partial charge in [0, 0.05) is 6.54 Å². The third-order valence-corrected chi connectivity index (χ3v) is 2.70. The van der Waals surface area contributed by atoms with E-state index in [1.807, 2.05) is 31.2 Å². The molecule has 0 aliphatic heterocycles. The molecular formula is C13H17N3O2. The molecule has 2 rings (SSSR count). The fourth-order valence-corrected chi connectivity index (χ4v) is 1.68. The Bertz CT molecular complexity index is 508. The summed E-state index contributed by atoms with van der Waals surface area (Å²) < 4.78 is 7.44. The summed E-state index contributed by atoms with van der Waals surface area (Å²) in [6.45, 7) is 4.88. The van der Waals surface area contributed by atoms with Crippen molar-refractivity contribution in [2.24, 2.45) is 0 Å². The second kappa shape index (κ2) is 5.64. The van der Waals surface area contributed by atoms with Crippen LogP contribution in [0.3, 0.4) is 0 Å². The van der Waals surface area contributed by atoms with Crippen LogP contribution < -0.4 is 4.74 Å². The third-order valence-electron chi connectivity index (χ3n) is 2.70. The van der Waals surface area contributed by atoms with E-state index in [0.29, 0.717) is 6.61 Å². The number of aliphatic hydroxyl groups is 1. The van der Waals surface area contributed by atoms with Crippen LogP contribution in [0.25, 0.3) is 0 Å². The van der Waals surface area contributed by atoms with Crippen LogP contribution in [0.4, 0.5) is 0 Å². The van der Waals surface area contributed by atoms with Crippen LogP contribution in [0.5, 0.6) is 5.75 Å². The number of aliphatic hydroxyl groups excluding tert-OH is 1. The zero-order valence-electron chi connectivity index (χ0n) is 10.6. The molecule has 0 saturated heterocycles. The van der Waals surface area contributed by atoms with Gasteiger partial charge >= 0.3 is 0 Å². The van der Waals surface area contributed by atoms with Gasteiger partial charge in [-0.15, -0.1) is 0 Å². The Hall–Kier alpha value is -1.88. The van der Waals surface area contributed by atoms with Crippen molar-refractivity contribution in [1.82, 2.24) is 14.8 Å². The molecule has 5 heteroatoms. The molecule has 96 valence electrons. The number of benzene rings is 1. The largest absolute Gasteiger partial charge is 0.486 e. The topological polar surface area (TPSA) is 60.2 Å². The molecule has 1 N–H and O–H groups in total. The van der Waals surface area contributed by atoms with Crippen molar-refractivity contribution in [1.29, 1.82) is 0 Å². The molecule has 1 heterocycles. The molecule has 2 aromatic rings. The van der Waals surface area contributed by atoms with Crippen LogP contribution in [0.1, 0.15) is 31.3 Å². The maximum Gasteiger partial charge on any atom is 0.164 e. The van der Waals surface area contributed by atoms with Gasteiger partial charge in [0.05, 0.1) is 6.10 Å². The first kappa shape index (κ1) is 12.6. The lowest BCUT2D eigenvalue weighted by Gasteiger charge is -2.09. The molecule has 18 heavy (non-hydrogen) atoms. The molecule has 0 unspecified atom stereocenters.